The molecular formula is C18H29N3O2S. The van der Waals surface area contributed by atoms with Crippen LogP contribution in [0.15, 0.2) is 5.38 Å². The molecule has 134 valence electrons. The average molecular weight is 352 g/mol. The topological polar surface area (TPSA) is 62.3 Å². The second kappa shape index (κ2) is 8.10. The zero-order chi connectivity index (χ0) is 17.7. The van der Waals surface area contributed by atoms with E-state index in [1.165, 1.54) is 37.0 Å². The van der Waals surface area contributed by atoms with Crippen LogP contribution in [0.1, 0.15) is 65.0 Å². The van der Waals surface area contributed by atoms with Gasteiger partial charge < -0.3 is 10.2 Å². The highest BCUT2D eigenvalue weighted by molar-refractivity contribution is 7.13. The Kier molecular flexibility index (Phi) is 6.38. The lowest BCUT2D eigenvalue weighted by molar-refractivity contribution is -0.139. The molecule has 1 N–H and O–H groups in total. The van der Waals surface area contributed by atoms with Gasteiger partial charge in [0.25, 0.3) is 0 Å². The van der Waals surface area contributed by atoms with Crippen LogP contribution in [-0.2, 0) is 9.59 Å². The van der Waals surface area contributed by atoms with Crippen LogP contribution in [0.2, 0.25) is 0 Å². The van der Waals surface area contributed by atoms with Crippen LogP contribution >= 0.6 is 11.3 Å². The van der Waals surface area contributed by atoms with E-state index in [1.54, 1.807) is 4.90 Å². The van der Waals surface area contributed by atoms with Gasteiger partial charge in [0.05, 0.1) is 5.69 Å². The number of carbonyl (C=O) groups excluding carboxylic acids is 2. The molecule has 5 nitrogen and oxygen atoms in total. The maximum absolute atomic E-state index is 12.7. The summed E-state index contributed by atoms with van der Waals surface area (Å²) in [7, 11) is 0. The third-order valence-electron chi connectivity index (χ3n) is 4.52. The zero-order valence-electron chi connectivity index (χ0n) is 15.2. The number of nitrogens with zero attached hydrogens (tertiary/aromatic N) is 2. The molecule has 24 heavy (non-hydrogen) atoms. The van der Waals surface area contributed by atoms with Gasteiger partial charge in [0.15, 0.2) is 5.13 Å². The van der Waals surface area contributed by atoms with E-state index in [9.17, 15) is 9.59 Å². The van der Waals surface area contributed by atoms with Crippen molar-refractivity contribution in [2.24, 2.45) is 5.92 Å². The van der Waals surface area contributed by atoms with Gasteiger partial charge in [0, 0.05) is 17.3 Å². The Morgan fingerprint density at radius 3 is 2.54 bits per heavy atom. The number of nitrogens with one attached hydrogen (secondary N) is 1. The van der Waals surface area contributed by atoms with Gasteiger partial charge in [-0.05, 0) is 40.0 Å². The Morgan fingerprint density at radius 1 is 1.33 bits per heavy atom. The molecule has 0 aliphatic heterocycles. The van der Waals surface area contributed by atoms with Gasteiger partial charge in [-0.1, -0.05) is 25.7 Å². The minimum atomic E-state index is -0.372. The highest BCUT2D eigenvalue weighted by Gasteiger charge is 2.29. The van der Waals surface area contributed by atoms with Crippen molar-refractivity contribution in [2.45, 2.75) is 71.8 Å². The van der Waals surface area contributed by atoms with Gasteiger partial charge in [-0.3, -0.25) is 9.59 Å². The molecule has 0 aromatic carbocycles. The number of aromatic nitrogens is 1. The first-order chi connectivity index (χ1) is 11.3. The molecule has 2 rings (SSSR count). The summed E-state index contributed by atoms with van der Waals surface area (Å²) in [6.45, 7) is 7.88. The third-order valence-corrected chi connectivity index (χ3v) is 5.39. The monoisotopic (exact) mass is 351 g/mol. The Balaban J connectivity index is 1.91. The molecule has 0 saturated heterocycles. The van der Waals surface area contributed by atoms with Gasteiger partial charge in [-0.2, -0.15) is 0 Å². The highest BCUT2D eigenvalue weighted by Crippen LogP contribution is 2.29. The minimum Gasteiger partial charge on any atom is -0.329 e. The standard InChI is InChI=1S/C18H29N3O2S/c1-13-12-24-17(19-13)20-15(22)11-21(18(2,3)4)16(23)10-9-14-7-5-6-8-14/h12,14H,5-11H2,1-4H3,(H,19,20,22). The number of hydrogen-bond donors (Lipinski definition) is 1. The van der Waals surface area contributed by atoms with Crippen molar-refractivity contribution in [1.29, 1.82) is 0 Å². The summed E-state index contributed by atoms with van der Waals surface area (Å²) in [5.41, 5.74) is 0.513. The molecule has 1 aromatic heterocycles. The first-order valence-electron chi connectivity index (χ1n) is 8.78. The molecule has 1 aliphatic rings. The maximum Gasteiger partial charge on any atom is 0.245 e. The van der Waals surface area contributed by atoms with Crippen LogP contribution in [-0.4, -0.2) is 33.8 Å². The van der Waals surface area contributed by atoms with Crippen LogP contribution in [0, 0.1) is 12.8 Å². The Morgan fingerprint density at radius 2 is 2.00 bits per heavy atom. The van der Waals surface area contributed by atoms with Crippen molar-refractivity contribution in [3.05, 3.63) is 11.1 Å². The predicted molar refractivity (Wildman–Crippen MR) is 98.1 cm³/mol. The Bertz CT molecular complexity index is 571. The fourth-order valence-electron chi connectivity index (χ4n) is 3.17. The van der Waals surface area contributed by atoms with Crippen molar-refractivity contribution >= 4 is 28.3 Å². The first kappa shape index (κ1) is 18.9. The maximum atomic E-state index is 12.7. The molecule has 0 bridgehead atoms. The molecule has 6 heteroatoms. The van der Waals surface area contributed by atoms with Crippen molar-refractivity contribution in [1.82, 2.24) is 9.88 Å². The van der Waals surface area contributed by atoms with Gasteiger partial charge in [0.1, 0.15) is 6.54 Å². The van der Waals surface area contributed by atoms with Crippen LogP contribution in [0.25, 0.3) is 0 Å². The highest BCUT2D eigenvalue weighted by atomic mass is 32.1. The molecule has 1 heterocycles. The van der Waals surface area contributed by atoms with Gasteiger partial charge in [-0.25, -0.2) is 4.98 Å². The molecule has 0 unspecified atom stereocenters. The second-order valence-electron chi connectivity index (χ2n) is 7.68. The first-order valence-corrected chi connectivity index (χ1v) is 9.66. The molecule has 0 atom stereocenters. The Hall–Kier alpha value is -1.43. The van der Waals surface area contributed by atoms with Crippen LogP contribution in [0.4, 0.5) is 5.13 Å². The zero-order valence-corrected chi connectivity index (χ0v) is 16.0. The number of thiazole rings is 1. The normalized spacial score (nSPS) is 15.5. The van der Waals surface area contributed by atoms with Gasteiger partial charge in [0.2, 0.25) is 11.8 Å². The Labute approximate surface area is 148 Å². The molecule has 1 saturated carbocycles. The lowest BCUT2D eigenvalue weighted by atomic mass is 9.99. The summed E-state index contributed by atoms with van der Waals surface area (Å²) < 4.78 is 0. The van der Waals surface area contributed by atoms with Crippen LogP contribution in [0.3, 0.4) is 0 Å². The SMILES string of the molecule is Cc1csc(NC(=O)CN(C(=O)CCC2CCCC2)C(C)(C)C)n1. The molecule has 1 fully saturated rings. The van der Waals surface area contributed by atoms with Gasteiger partial charge >= 0.3 is 0 Å². The van der Waals surface area contributed by atoms with E-state index in [1.807, 2.05) is 33.1 Å². The number of rotatable bonds is 6. The van der Waals surface area contributed by atoms with E-state index in [-0.39, 0.29) is 23.9 Å². The van der Waals surface area contributed by atoms with Crippen molar-refractivity contribution < 1.29 is 9.59 Å². The fourth-order valence-corrected chi connectivity index (χ4v) is 3.88. The number of anilines is 1. The molecule has 1 aromatic rings. The molecular weight excluding hydrogens is 322 g/mol. The number of carbonyl (C=O) groups is 2. The summed E-state index contributed by atoms with van der Waals surface area (Å²) in [4.78, 5) is 30.9. The third kappa shape index (κ3) is 5.58. The van der Waals surface area contributed by atoms with Crippen LogP contribution < -0.4 is 5.32 Å². The van der Waals surface area contributed by atoms with E-state index in [4.69, 9.17) is 0 Å². The largest absolute Gasteiger partial charge is 0.329 e. The minimum absolute atomic E-state index is 0.0693. The number of aryl methyl sites for hydroxylation is 1. The van der Waals surface area contributed by atoms with Crippen molar-refractivity contribution in [2.75, 3.05) is 11.9 Å². The lowest BCUT2D eigenvalue weighted by Crippen LogP contribution is -2.49. The van der Waals surface area contributed by atoms with Crippen molar-refractivity contribution in [3.63, 3.8) is 0 Å². The summed E-state index contributed by atoms with van der Waals surface area (Å²) in [5, 5.41) is 5.27. The average Bonchev–Trinajstić information content (AvgIpc) is 3.13. The van der Waals surface area contributed by atoms with E-state index in [0.29, 0.717) is 17.5 Å². The number of amides is 2. The number of hydrogen-bond acceptors (Lipinski definition) is 4. The molecule has 0 spiro atoms. The van der Waals surface area contributed by atoms with Gasteiger partial charge in [-0.15, -0.1) is 11.3 Å². The summed E-state index contributed by atoms with van der Waals surface area (Å²) in [6.07, 6.45) is 6.54. The second-order valence-corrected chi connectivity index (χ2v) is 8.54. The molecule has 0 radical (unpaired) electrons. The van der Waals surface area contributed by atoms with Crippen molar-refractivity contribution in [3.8, 4) is 0 Å². The smallest absolute Gasteiger partial charge is 0.245 e. The molecule has 1 aliphatic carbocycles. The molecule has 2 amide bonds. The summed E-state index contributed by atoms with van der Waals surface area (Å²) >= 11 is 1.40. The van der Waals surface area contributed by atoms with E-state index in [0.717, 1.165) is 12.1 Å². The van der Waals surface area contributed by atoms with E-state index in [2.05, 4.69) is 10.3 Å². The summed E-state index contributed by atoms with van der Waals surface area (Å²) in [5.74, 6) is 0.566. The lowest BCUT2D eigenvalue weighted by Gasteiger charge is -2.35. The fraction of sp³-hybridized carbons (Fsp3) is 0.722. The van der Waals surface area contributed by atoms with E-state index < -0.39 is 0 Å². The van der Waals surface area contributed by atoms with Crippen LogP contribution in [0.5, 0.6) is 0 Å². The predicted octanol–water partition coefficient (Wildman–Crippen LogP) is 3.99. The van der Waals surface area contributed by atoms with E-state index >= 15 is 0 Å². The summed E-state index contributed by atoms with van der Waals surface area (Å²) in [6, 6.07) is 0. The quantitative estimate of drug-likeness (QED) is 0.843.